The summed E-state index contributed by atoms with van der Waals surface area (Å²) >= 11 is 7.92. The molecule has 0 bridgehead atoms. The monoisotopic (exact) mass is 632 g/mol. The number of benzene rings is 3. The number of aliphatic carboxylic acids is 1. The van der Waals surface area contributed by atoms with E-state index in [1.54, 1.807) is 25.6 Å². The summed E-state index contributed by atoms with van der Waals surface area (Å²) in [4.78, 5) is 27.1. The van der Waals surface area contributed by atoms with E-state index in [1.807, 2.05) is 72.8 Å². The Hall–Kier alpha value is -3.26. The molecule has 2 N–H and O–H groups in total. The third-order valence-electron chi connectivity index (χ3n) is 7.99. The van der Waals surface area contributed by atoms with Gasteiger partial charge in [-0.15, -0.1) is 11.8 Å². The van der Waals surface area contributed by atoms with Gasteiger partial charge in [0.25, 0.3) is 0 Å². The lowest BCUT2D eigenvalue weighted by molar-refractivity contribution is -0.146. The van der Waals surface area contributed by atoms with Gasteiger partial charge in [0.2, 0.25) is 5.78 Å². The topological polar surface area (TPSA) is 80.6 Å². The maximum Gasteiger partial charge on any atom is 0.309 e. The molecule has 232 valence electrons. The molecule has 1 aliphatic heterocycles. The number of thioether (sulfide) groups is 1. The molecule has 1 aliphatic rings. The van der Waals surface area contributed by atoms with Crippen molar-refractivity contribution in [3.63, 3.8) is 0 Å². The lowest BCUT2D eigenvalue weighted by Crippen LogP contribution is -2.44. The first-order chi connectivity index (χ1) is 20.8. The van der Waals surface area contributed by atoms with Crippen molar-refractivity contribution in [2.24, 2.45) is 5.41 Å². The lowest BCUT2D eigenvalue weighted by atomic mass is 9.88. The Labute approximate surface area is 269 Å². The second-order valence-corrected chi connectivity index (χ2v) is 15.5. The number of Topliss-reactive ketones (excluding diaryl/α,β-unsaturated/α-hetero) is 1. The zero-order valence-corrected chi connectivity index (χ0v) is 27.6. The Balaban J connectivity index is 1.64. The maximum atomic E-state index is 13.7. The van der Waals surface area contributed by atoms with Gasteiger partial charge in [-0.1, -0.05) is 74.8 Å². The van der Waals surface area contributed by atoms with Crippen molar-refractivity contribution < 1.29 is 19.4 Å². The number of fused-ring (bicyclic) bond motifs is 1. The molecule has 8 heteroatoms. The third-order valence-corrected chi connectivity index (χ3v) is 9.51. The lowest BCUT2D eigenvalue weighted by Gasteiger charge is -2.24. The number of carbonyl (C=O) groups is 2. The van der Waals surface area contributed by atoms with E-state index in [9.17, 15) is 14.7 Å². The first-order valence-electron chi connectivity index (χ1n) is 15.1. The quantitative estimate of drug-likeness (QED) is 0.128. The van der Waals surface area contributed by atoms with Crippen molar-refractivity contribution in [3.8, 4) is 5.75 Å². The molecule has 1 fully saturated rings. The number of ether oxygens (including phenoxy) is 1. The van der Waals surface area contributed by atoms with Crippen LogP contribution in [0.15, 0.2) is 77.7 Å². The molecule has 0 amide bonds. The normalized spacial score (nSPS) is 16.3. The first kappa shape index (κ1) is 32.1. The zero-order valence-electron chi connectivity index (χ0n) is 26.0. The molecule has 5 rings (SSSR count). The van der Waals surface area contributed by atoms with Gasteiger partial charge in [0.15, 0.2) is 6.10 Å². The molecule has 0 spiro atoms. The van der Waals surface area contributed by atoms with Gasteiger partial charge in [-0.3, -0.25) is 9.59 Å². The van der Waals surface area contributed by atoms with E-state index < -0.39 is 17.5 Å². The summed E-state index contributed by atoms with van der Waals surface area (Å²) in [5, 5.41) is 15.2. The van der Waals surface area contributed by atoms with Crippen molar-refractivity contribution in [2.75, 3.05) is 6.54 Å². The van der Waals surface area contributed by atoms with Gasteiger partial charge in [0.05, 0.1) is 11.5 Å². The third kappa shape index (κ3) is 7.33. The van der Waals surface area contributed by atoms with Crippen LogP contribution in [0, 0.1) is 5.41 Å². The van der Waals surface area contributed by atoms with Gasteiger partial charge in [-0.2, -0.15) is 0 Å². The van der Waals surface area contributed by atoms with Crippen LogP contribution in [-0.2, 0) is 17.8 Å². The number of halogens is 1. The van der Waals surface area contributed by atoms with E-state index in [1.165, 1.54) is 0 Å². The molecule has 1 saturated heterocycles. The second kappa shape index (κ2) is 13.0. The maximum absolute atomic E-state index is 13.7. The predicted molar refractivity (Wildman–Crippen MR) is 179 cm³/mol. The minimum absolute atomic E-state index is 0.0430. The average Bonchev–Trinajstić information content (AvgIpc) is 3.60. The van der Waals surface area contributed by atoms with Crippen LogP contribution in [0.2, 0.25) is 5.02 Å². The molecular weight excluding hydrogens is 592 g/mol. The number of carboxylic acid groups (broad SMARTS) is 1. The van der Waals surface area contributed by atoms with Crippen molar-refractivity contribution in [2.45, 2.75) is 82.2 Å². The van der Waals surface area contributed by atoms with E-state index in [0.717, 1.165) is 46.4 Å². The highest BCUT2D eigenvalue weighted by Gasteiger charge is 2.35. The van der Waals surface area contributed by atoms with Crippen LogP contribution in [0.1, 0.15) is 69.1 Å². The number of ketones is 1. The Morgan fingerprint density at radius 3 is 2.36 bits per heavy atom. The van der Waals surface area contributed by atoms with Crippen LogP contribution in [0.4, 0.5) is 0 Å². The highest BCUT2D eigenvalue weighted by molar-refractivity contribution is 8.00. The van der Waals surface area contributed by atoms with Gasteiger partial charge in [-0.25, -0.2) is 0 Å². The van der Waals surface area contributed by atoms with Gasteiger partial charge in [0, 0.05) is 49.8 Å². The Morgan fingerprint density at radius 1 is 1.05 bits per heavy atom. The van der Waals surface area contributed by atoms with E-state index in [2.05, 4.69) is 30.7 Å². The van der Waals surface area contributed by atoms with Crippen LogP contribution >= 0.6 is 23.4 Å². The van der Waals surface area contributed by atoms with Crippen molar-refractivity contribution in [1.82, 2.24) is 9.88 Å². The number of nitrogens with one attached hydrogen (secondary N) is 1. The fourth-order valence-corrected chi connectivity index (χ4v) is 6.99. The molecule has 0 saturated carbocycles. The average molecular weight is 633 g/mol. The summed E-state index contributed by atoms with van der Waals surface area (Å²) in [6.45, 7) is 11.4. The molecule has 1 aromatic heterocycles. The van der Waals surface area contributed by atoms with E-state index in [0.29, 0.717) is 29.3 Å². The largest absolute Gasteiger partial charge is 0.481 e. The first-order valence-corrected chi connectivity index (χ1v) is 16.3. The van der Waals surface area contributed by atoms with Gasteiger partial charge >= 0.3 is 5.97 Å². The molecular formula is C36H41ClN2O4S. The molecule has 44 heavy (non-hydrogen) atoms. The number of aromatic nitrogens is 1. The smallest absolute Gasteiger partial charge is 0.309 e. The number of rotatable bonds is 11. The molecule has 2 atom stereocenters. The summed E-state index contributed by atoms with van der Waals surface area (Å²) < 4.78 is 8.68. The summed E-state index contributed by atoms with van der Waals surface area (Å²) in [6.07, 6.45) is 1.54. The summed E-state index contributed by atoms with van der Waals surface area (Å²) in [6, 6.07) is 23.0. The number of hydrogen-bond acceptors (Lipinski definition) is 5. The summed E-state index contributed by atoms with van der Waals surface area (Å²) in [5.41, 5.74) is 2.66. The molecule has 6 nitrogen and oxygen atoms in total. The molecule has 2 heterocycles. The van der Waals surface area contributed by atoms with Crippen molar-refractivity contribution >= 4 is 46.0 Å². The van der Waals surface area contributed by atoms with Gasteiger partial charge in [-0.05, 0) is 69.1 Å². The predicted octanol–water partition coefficient (Wildman–Crippen LogP) is 8.27. The van der Waals surface area contributed by atoms with Crippen LogP contribution in [0.3, 0.4) is 0 Å². The number of carboxylic acids is 1. The summed E-state index contributed by atoms with van der Waals surface area (Å²) in [7, 11) is 0. The molecule has 4 aromatic rings. The van der Waals surface area contributed by atoms with E-state index in [-0.39, 0.29) is 16.6 Å². The van der Waals surface area contributed by atoms with Crippen LogP contribution in [-0.4, -0.2) is 44.9 Å². The Bertz CT molecular complexity index is 1630. The van der Waals surface area contributed by atoms with Crippen LogP contribution in [0.5, 0.6) is 5.75 Å². The Kier molecular flexibility index (Phi) is 9.49. The minimum Gasteiger partial charge on any atom is -0.481 e. The number of hydrogen-bond donors (Lipinski definition) is 2. The van der Waals surface area contributed by atoms with Gasteiger partial charge in [0.1, 0.15) is 5.75 Å². The molecule has 1 unspecified atom stereocenters. The SMILES string of the molecule is CC(C)(C)Sc1c(CC(C)(C)C(=O)O)n(Cc2ccc(Cl)cc2)c2ccc(O[C@H](C(=O)c3ccccc3)C3CCCN3)cc12. The Morgan fingerprint density at radius 2 is 1.75 bits per heavy atom. The number of carbonyl (C=O) groups excluding carboxylic acids is 1. The fourth-order valence-electron chi connectivity index (χ4n) is 5.67. The molecule has 0 aliphatic carbocycles. The summed E-state index contributed by atoms with van der Waals surface area (Å²) in [5.74, 6) is -0.273. The van der Waals surface area contributed by atoms with E-state index >= 15 is 0 Å². The highest BCUT2D eigenvalue weighted by Crippen LogP contribution is 2.44. The van der Waals surface area contributed by atoms with Crippen molar-refractivity contribution in [3.05, 3.63) is 94.6 Å². The standard InChI is InChI=1S/C36H41ClN2O4S/c1-35(2,3)44-33-27-20-26(43-32(28-12-9-19-38-28)31(40)24-10-7-6-8-11-24)17-18-29(27)39(22-23-13-15-25(37)16-14-23)30(33)21-36(4,5)34(41)42/h6-8,10-11,13-18,20,28,32,38H,9,12,19,21-22H2,1-5H3,(H,41,42)/t28?,32-/m0/s1. The van der Waals surface area contributed by atoms with Crippen LogP contribution in [0.25, 0.3) is 10.9 Å². The minimum atomic E-state index is -0.986. The molecule has 3 aromatic carbocycles. The highest BCUT2D eigenvalue weighted by atomic mass is 35.5. The van der Waals surface area contributed by atoms with E-state index in [4.69, 9.17) is 16.3 Å². The van der Waals surface area contributed by atoms with Crippen LogP contribution < -0.4 is 10.1 Å². The molecule has 0 radical (unpaired) electrons. The van der Waals surface area contributed by atoms with Crippen molar-refractivity contribution in [1.29, 1.82) is 0 Å². The number of nitrogens with zero attached hydrogens (tertiary/aromatic N) is 1. The van der Waals surface area contributed by atoms with Gasteiger partial charge < -0.3 is 19.7 Å². The second-order valence-electron chi connectivity index (χ2n) is 13.2. The fraction of sp³-hybridized carbons (Fsp3) is 0.389. The zero-order chi connectivity index (χ0) is 31.6.